The summed E-state index contributed by atoms with van der Waals surface area (Å²) in [5.41, 5.74) is -0.614. The Morgan fingerprint density at radius 1 is 1.16 bits per heavy atom. The predicted octanol–water partition coefficient (Wildman–Crippen LogP) is 3.19. The van der Waals surface area contributed by atoms with Crippen molar-refractivity contribution in [2.45, 2.75) is 52.6 Å². The smallest absolute Gasteiger partial charge is 0.233 e. The normalized spacial score (nSPS) is 13.8. The van der Waals surface area contributed by atoms with Gasteiger partial charge in [-0.25, -0.2) is 8.42 Å². The highest BCUT2D eigenvalue weighted by molar-refractivity contribution is 8.13. The second kappa shape index (κ2) is 7.81. The van der Waals surface area contributed by atoms with Crippen molar-refractivity contribution in [3.05, 3.63) is 0 Å². The van der Waals surface area contributed by atoms with E-state index in [0.717, 1.165) is 19.3 Å². The molecule has 6 heteroatoms. The highest BCUT2D eigenvalue weighted by atomic mass is 35.7. The van der Waals surface area contributed by atoms with Crippen LogP contribution >= 0.6 is 10.7 Å². The van der Waals surface area contributed by atoms with E-state index in [2.05, 4.69) is 0 Å². The van der Waals surface area contributed by atoms with Gasteiger partial charge in [0, 0.05) is 29.8 Å². The summed E-state index contributed by atoms with van der Waals surface area (Å²) in [7, 11) is 3.54. The number of halogens is 1. The molecule has 0 fully saturated rings. The van der Waals surface area contributed by atoms with Gasteiger partial charge in [0.15, 0.2) is 0 Å². The number of hydrogen-bond acceptors (Lipinski definition) is 4. The lowest BCUT2D eigenvalue weighted by Crippen LogP contribution is -2.33. The molecule has 0 amide bonds. The summed E-state index contributed by atoms with van der Waals surface area (Å²) in [6.45, 7) is 8.87. The molecule has 0 saturated heterocycles. The van der Waals surface area contributed by atoms with Crippen LogP contribution in [0.2, 0.25) is 0 Å². The van der Waals surface area contributed by atoms with E-state index < -0.39 is 14.5 Å². The lowest BCUT2D eigenvalue weighted by Gasteiger charge is -2.31. The van der Waals surface area contributed by atoms with E-state index in [4.69, 9.17) is 20.2 Å². The lowest BCUT2D eigenvalue weighted by atomic mass is 9.85. The molecule has 19 heavy (non-hydrogen) atoms. The third-order valence-corrected chi connectivity index (χ3v) is 5.07. The van der Waals surface area contributed by atoms with E-state index in [1.165, 1.54) is 0 Å². The monoisotopic (exact) mass is 314 g/mol. The topological polar surface area (TPSA) is 52.6 Å². The molecule has 0 atom stereocenters. The molecule has 0 unspecified atom stereocenters. The Bertz CT molecular complexity index is 348. The molecule has 0 heterocycles. The van der Waals surface area contributed by atoms with E-state index in [1.54, 1.807) is 7.11 Å². The number of hydrogen-bond donors (Lipinski definition) is 0. The van der Waals surface area contributed by atoms with Crippen molar-refractivity contribution < 1.29 is 17.9 Å². The van der Waals surface area contributed by atoms with Crippen LogP contribution in [0.1, 0.15) is 47.0 Å². The summed E-state index contributed by atoms with van der Waals surface area (Å²) in [6.07, 6.45) is 2.22. The van der Waals surface area contributed by atoms with Gasteiger partial charge in [-0.05, 0) is 33.1 Å². The Morgan fingerprint density at radius 3 is 2.05 bits per heavy atom. The maximum atomic E-state index is 11.3. The summed E-state index contributed by atoms with van der Waals surface area (Å²) in [5, 5.41) is 0. The van der Waals surface area contributed by atoms with Crippen LogP contribution in [-0.2, 0) is 18.5 Å². The van der Waals surface area contributed by atoms with Gasteiger partial charge in [0.25, 0.3) is 0 Å². The first-order valence-electron chi connectivity index (χ1n) is 6.65. The van der Waals surface area contributed by atoms with Crippen LogP contribution in [0, 0.1) is 5.41 Å². The zero-order chi connectivity index (χ0) is 15.2. The quantitative estimate of drug-likeness (QED) is 0.459. The molecule has 0 aliphatic carbocycles. The fourth-order valence-corrected chi connectivity index (χ4v) is 3.69. The highest BCUT2D eigenvalue weighted by Gasteiger charge is 2.32. The second-order valence-corrected chi connectivity index (χ2v) is 8.43. The van der Waals surface area contributed by atoms with Gasteiger partial charge in [-0.15, -0.1) is 0 Å². The van der Waals surface area contributed by atoms with E-state index in [-0.39, 0.29) is 11.4 Å². The van der Waals surface area contributed by atoms with E-state index in [0.29, 0.717) is 13.2 Å². The van der Waals surface area contributed by atoms with Crippen LogP contribution in [0.3, 0.4) is 0 Å². The summed E-state index contributed by atoms with van der Waals surface area (Å²) < 4.78 is 33.6. The molecule has 0 aromatic heterocycles. The highest BCUT2D eigenvalue weighted by Crippen LogP contribution is 2.30. The van der Waals surface area contributed by atoms with Crippen LogP contribution in [0.4, 0.5) is 0 Å². The Labute approximate surface area is 122 Å². The van der Waals surface area contributed by atoms with E-state index in [1.807, 2.05) is 27.7 Å². The molecule has 0 aromatic rings. The first-order chi connectivity index (χ1) is 8.60. The molecular weight excluding hydrogens is 288 g/mol. The number of rotatable bonds is 10. The molecule has 4 nitrogen and oxygen atoms in total. The number of ether oxygens (including phenoxy) is 2. The molecule has 0 bridgehead atoms. The Hall–Kier alpha value is 0.160. The third kappa shape index (κ3) is 8.12. The lowest BCUT2D eigenvalue weighted by molar-refractivity contribution is -0.0236. The summed E-state index contributed by atoms with van der Waals surface area (Å²) in [6, 6.07) is 0. The Morgan fingerprint density at radius 2 is 1.68 bits per heavy atom. The van der Waals surface area contributed by atoms with Crippen LogP contribution in [-0.4, -0.2) is 40.1 Å². The first-order valence-corrected chi connectivity index (χ1v) is 9.13. The van der Waals surface area contributed by atoms with Gasteiger partial charge in [0.2, 0.25) is 9.05 Å². The van der Waals surface area contributed by atoms with Crippen molar-refractivity contribution in [2.75, 3.05) is 26.1 Å². The minimum absolute atomic E-state index is 0.0395. The van der Waals surface area contributed by atoms with Gasteiger partial charge in [0.1, 0.15) is 0 Å². The molecule has 0 aliphatic rings. The maximum absolute atomic E-state index is 11.3. The fraction of sp³-hybridized carbons (Fsp3) is 1.00. The van der Waals surface area contributed by atoms with Gasteiger partial charge in [-0.3, -0.25) is 0 Å². The molecule has 0 N–H and O–H groups in total. The molecular formula is C13H27ClO4S. The van der Waals surface area contributed by atoms with Gasteiger partial charge in [-0.1, -0.05) is 13.8 Å². The molecule has 0 aliphatic heterocycles. The van der Waals surface area contributed by atoms with Crippen molar-refractivity contribution in [1.82, 2.24) is 0 Å². The van der Waals surface area contributed by atoms with E-state index >= 15 is 0 Å². The van der Waals surface area contributed by atoms with Crippen LogP contribution in [0.5, 0.6) is 0 Å². The van der Waals surface area contributed by atoms with Crippen molar-refractivity contribution in [3.8, 4) is 0 Å². The predicted molar refractivity (Wildman–Crippen MR) is 79.2 cm³/mol. The van der Waals surface area contributed by atoms with Crippen molar-refractivity contribution >= 4 is 19.7 Å². The van der Waals surface area contributed by atoms with Crippen LogP contribution in [0.15, 0.2) is 0 Å². The first kappa shape index (κ1) is 19.2. The zero-order valence-corrected chi connectivity index (χ0v) is 14.2. The van der Waals surface area contributed by atoms with E-state index in [9.17, 15) is 8.42 Å². The van der Waals surface area contributed by atoms with Crippen molar-refractivity contribution in [2.24, 2.45) is 5.41 Å². The minimum Gasteiger partial charge on any atom is -0.381 e. The average molecular weight is 315 g/mol. The van der Waals surface area contributed by atoms with Crippen LogP contribution < -0.4 is 0 Å². The SMILES string of the molecule is CCC(CC)(COCCC(C)(C)OC)CS(=O)(=O)Cl. The van der Waals surface area contributed by atoms with Gasteiger partial charge in [-0.2, -0.15) is 0 Å². The molecule has 0 aromatic carbocycles. The van der Waals surface area contributed by atoms with Crippen molar-refractivity contribution in [3.63, 3.8) is 0 Å². The molecule has 116 valence electrons. The van der Waals surface area contributed by atoms with Gasteiger partial charge < -0.3 is 9.47 Å². The number of methoxy groups -OCH3 is 1. The fourth-order valence-electron chi connectivity index (χ4n) is 1.77. The average Bonchev–Trinajstić information content (AvgIpc) is 2.31. The molecule has 0 saturated carbocycles. The zero-order valence-electron chi connectivity index (χ0n) is 12.7. The van der Waals surface area contributed by atoms with Crippen molar-refractivity contribution in [1.29, 1.82) is 0 Å². The van der Waals surface area contributed by atoms with Crippen LogP contribution in [0.25, 0.3) is 0 Å². The standard InChI is InChI=1S/C13H27ClO4S/c1-6-13(7-2,11-19(14,15)16)10-18-9-8-12(3,4)17-5/h6-11H2,1-5H3. The summed E-state index contributed by atoms with van der Waals surface area (Å²) >= 11 is 0. The Balaban J connectivity index is 4.38. The summed E-state index contributed by atoms with van der Waals surface area (Å²) in [4.78, 5) is 0. The largest absolute Gasteiger partial charge is 0.381 e. The summed E-state index contributed by atoms with van der Waals surface area (Å²) in [5.74, 6) is -0.0395. The molecule has 0 radical (unpaired) electrons. The Kier molecular flexibility index (Phi) is 7.88. The molecule has 0 spiro atoms. The van der Waals surface area contributed by atoms with Gasteiger partial charge in [0.05, 0.1) is 18.0 Å². The maximum Gasteiger partial charge on any atom is 0.233 e. The second-order valence-electron chi connectivity index (χ2n) is 5.66. The van der Waals surface area contributed by atoms with Gasteiger partial charge >= 0.3 is 0 Å². The minimum atomic E-state index is -3.51. The third-order valence-electron chi connectivity index (χ3n) is 3.79. The molecule has 0 rings (SSSR count).